The lowest BCUT2D eigenvalue weighted by molar-refractivity contribution is -0.158. The van der Waals surface area contributed by atoms with E-state index in [-0.39, 0.29) is 66.8 Å². The molecule has 2 fully saturated rings. The minimum atomic E-state index is -2.82. The predicted molar refractivity (Wildman–Crippen MR) is 280 cm³/mol. The topological polar surface area (TPSA) is 93.2 Å². The molecule has 4 aliphatic rings. The van der Waals surface area contributed by atoms with E-state index >= 15 is 0 Å². The van der Waals surface area contributed by atoms with Crippen LogP contribution in [0, 0.1) is 23.7 Å². The Bertz CT molecular complexity index is 2640. The first-order chi connectivity index (χ1) is 32.9. The molecule has 0 radical (unpaired) electrons. The van der Waals surface area contributed by atoms with Gasteiger partial charge in [-0.15, -0.1) is 22.7 Å². The number of nitrogens with zero attached hydrogens (tertiary/aromatic N) is 2. The normalized spacial score (nSPS) is 20.1. The summed E-state index contributed by atoms with van der Waals surface area (Å²) >= 11 is 3.46. The summed E-state index contributed by atoms with van der Waals surface area (Å²) in [6, 6.07) is 39.8. The molecule has 3 aromatic carbocycles. The Balaban J connectivity index is 0.000000219. The van der Waals surface area contributed by atoms with Gasteiger partial charge in [-0.05, 0) is 104 Å². The number of aryl methyl sites for hydroxylation is 2. The standard InChI is InChI=1S/C38H39NO3PS.C19H23NO3S/c1-5-24-42-38(41)36(35-31(33-23-22-30(6-2)44-33)25-32-34(26(3)4)37(40)39(32)35)43(27-16-10-7-11-17-27,28-18-12-8-13-19-28)29-20-14-9-15-21-29;1-5-9-23-19(22)17-13(15-8-7-12(6-2)24-15)10-14-16(11(3)4)18(21)20(14)17/h5,7-23,26,32,34,36H,1,6,24-25H2,2-4H3;5,7-8,11,14,16H,1,6,9-10H2,2-4H3/q+1;/t32-,34-,36?;14-,16-/m11/s1. The molecule has 4 aliphatic heterocycles. The molecular formula is C57H62N2O6PS2+. The molecule has 68 heavy (non-hydrogen) atoms. The quantitative estimate of drug-likeness (QED) is 0.0399. The van der Waals surface area contributed by atoms with Gasteiger partial charge in [0.25, 0.3) is 0 Å². The number of rotatable bonds is 17. The molecule has 0 aliphatic carbocycles. The van der Waals surface area contributed by atoms with Crippen molar-refractivity contribution in [1.82, 2.24) is 9.80 Å². The molecule has 0 bridgehead atoms. The number of benzene rings is 3. The van der Waals surface area contributed by atoms with Gasteiger partial charge in [0.05, 0.1) is 29.6 Å². The third kappa shape index (κ3) is 8.69. The molecule has 2 aromatic heterocycles. The Labute approximate surface area is 410 Å². The molecule has 5 aromatic rings. The van der Waals surface area contributed by atoms with Crippen molar-refractivity contribution in [3.63, 3.8) is 0 Å². The largest absolute Gasteiger partial charge is 0.458 e. The van der Waals surface area contributed by atoms with Crippen molar-refractivity contribution >= 4 is 80.7 Å². The fourth-order valence-corrected chi connectivity index (χ4v) is 17.5. The second-order valence-electron chi connectivity index (χ2n) is 18.4. The van der Waals surface area contributed by atoms with E-state index in [1.807, 2.05) is 59.5 Å². The van der Waals surface area contributed by atoms with E-state index < -0.39 is 18.9 Å². The van der Waals surface area contributed by atoms with E-state index in [9.17, 15) is 19.2 Å². The highest BCUT2D eigenvalue weighted by Gasteiger charge is 2.65. The fraction of sp³-hybridized carbons (Fsp3) is 0.333. The van der Waals surface area contributed by atoms with Crippen molar-refractivity contribution in [3.05, 3.63) is 171 Å². The first-order valence-corrected chi connectivity index (χ1v) is 27.3. The second kappa shape index (κ2) is 20.9. The summed E-state index contributed by atoms with van der Waals surface area (Å²) < 4.78 is 11.3. The van der Waals surface area contributed by atoms with Crippen molar-refractivity contribution in [2.45, 2.75) is 85.0 Å². The van der Waals surface area contributed by atoms with Crippen molar-refractivity contribution in [3.8, 4) is 0 Å². The highest BCUT2D eigenvalue weighted by Crippen LogP contribution is 2.66. The van der Waals surface area contributed by atoms with E-state index in [1.54, 1.807) is 39.7 Å². The average molecular weight is 966 g/mol. The fourth-order valence-electron chi connectivity index (χ4n) is 10.7. The number of hydrogen-bond acceptors (Lipinski definition) is 8. The molecule has 9 rings (SSSR count). The molecule has 0 N–H and O–H groups in total. The van der Waals surface area contributed by atoms with Gasteiger partial charge in [-0.2, -0.15) is 0 Å². The lowest BCUT2D eigenvalue weighted by Gasteiger charge is -2.48. The van der Waals surface area contributed by atoms with Crippen LogP contribution in [0.5, 0.6) is 0 Å². The zero-order chi connectivity index (χ0) is 48.3. The smallest absolute Gasteiger partial charge is 0.355 e. The third-order valence-corrected chi connectivity index (χ3v) is 20.9. The van der Waals surface area contributed by atoms with Gasteiger partial charge >= 0.3 is 11.9 Å². The van der Waals surface area contributed by atoms with Crippen LogP contribution < -0.4 is 15.9 Å². The number of β-lactam (4-membered cyclic amide) rings is 2. The SMILES string of the molecule is C=CCOC(=O)C(C1=C(c2ccc(CC)s2)C[C@@H]2[C@@H](C(C)C)C(=O)N12)[P+](c1ccccc1)(c1ccccc1)c1ccccc1.C=CCOC(=O)C1=C(c2ccc(CC)s2)C[C@@H]2[C@@H](C(C)C)C(=O)N12. The van der Waals surface area contributed by atoms with Crippen LogP contribution in [0.1, 0.15) is 73.9 Å². The van der Waals surface area contributed by atoms with Crippen molar-refractivity contribution in [2.24, 2.45) is 23.7 Å². The number of hydrogen-bond donors (Lipinski definition) is 0. The molecule has 352 valence electrons. The first-order valence-electron chi connectivity index (χ1n) is 23.8. The monoisotopic (exact) mass is 965 g/mol. The lowest BCUT2D eigenvalue weighted by Crippen LogP contribution is -2.61. The maximum Gasteiger partial charge on any atom is 0.355 e. The summed E-state index contributed by atoms with van der Waals surface area (Å²) in [5.74, 6) is -0.185. The summed E-state index contributed by atoms with van der Waals surface area (Å²) in [6.45, 7) is 20.3. The summed E-state index contributed by atoms with van der Waals surface area (Å²) in [4.78, 5) is 62.6. The summed E-state index contributed by atoms with van der Waals surface area (Å²) in [5, 5.41) is 3.21. The summed E-state index contributed by atoms with van der Waals surface area (Å²) in [7, 11) is -2.82. The van der Waals surface area contributed by atoms with E-state index in [1.165, 1.54) is 9.75 Å². The van der Waals surface area contributed by atoms with Crippen molar-refractivity contribution in [1.29, 1.82) is 0 Å². The van der Waals surface area contributed by atoms with Crippen LogP contribution in [0.3, 0.4) is 0 Å². The zero-order valence-corrected chi connectivity index (χ0v) is 42.5. The number of esters is 2. The predicted octanol–water partition coefficient (Wildman–Crippen LogP) is 10.6. The van der Waals surface area contributed by atoms with Gasteiger partial charge < -0.3 is 19.3 Å². The summed E-state index contributed by atoms with van der Waals surface area (Å²) in [5.41, 5.74) is 2.58. The van der Waals surface area contributed by atoms with Crippen LogP contribution in [0.2, 0.25) is 0 Å². The maximum absolute atomic E-state index is 14.9. The second-order valence-corrected chi connectivity index (χ2v) is 24.2. The minimum absolute atomic E-state index is 0.00434. The summed E-state index contributed by atoms with van der Waals surface area (Å²) in [6.07, 6.45) is 6.53. The molecule has 0 saturated carbocycles. The zero-order valence-electron chi connectivity index (χ0n) is 39.9. The Kier molecular flexibility index (Phi) is 15.0. The molecule has 11 heteroatoms. The van der Waals surface area contributed by atoms with E-state index in [0.29, 0.717) is 5.70 Å². The Morgan fingerprint density at radius 2 is 1.06 bits per heavy atom. The van der Waals surface area contributed by atoms with Crippen LogP contribution >= 0.6 is 29.9 Å². The van der Waals surface area contributed by atoms with Gasteiger partial charge in [-0.3, -0.25) is 9.59 Å². The number of carbonyl (C=O) groups excluding carboxylic acids is 4. The minimum Gasteiger partial charge on any atom is -0.458 e. The number of fused-ring (bicyclic) bond motifs is 2. The number of thiophene rings is 2. The highest BCUT2D eigenvalue weighted by molar-refractivity contribution is 7.97. The van der Waals surface area contributed by atoms with Gasteiger partial charge in [-0.1, -0.05) is 121 Å². The molecule has 1 unspecified atom stereocenters. The number of carbonyl (C=O) groups is 4. The highest BCUT2D eigenvalue weighted by atomic mass is 32.1. The molecule has 2 amide bonds. The van der Waals surface area contributed by atoms with Crippen molar-refractivity contribution in [2.75, 3.05) is 13.2 Å². The Morgan fingerprint density at radius 1 is 0.632 bits per heavy atom. The van der Waals surface area contributed by atoms with E-state index in [0.717, 1.165) is 68.2 Å². The molecule has 8 nitrogen and oxygen atoms in total. The van der Waals surface area contributed by atoms with Gasteiger partial charge in [0, 0.05) is 25.1 Å². The molecular weight excluding hydrogens is 904 g/mol. The molecule has 5 atom stereocenters. The molecule has 2 saturated heterocycles. The average Bonchev–Trinajstić information content (AvgIpc) is 4.16. The van der Waals surface area contributed by atoms with E-state index in [4.69, 9.17) is 9.47 Å². The van der Waals surface area contributed by atoms with Crippen LogP contribution in [0.4, 0.5) is 0 Å². The Morgan fingerprint density at radius 3 is 1.50 bits per heavy atom. The van der Waals surface area contributed by atoms with Crippen LogP contribution in [0.15, 0.2) is 152 Å². The van der Waals surface area contributed by atoms with Gasteiger partial charge in [0.1, 0.15) is 42.1 Å². The first kappa shape index (κ1) is 48.8. The van der Waals surface area contributed by atoms with Crippen LogP contribution in [0.25, 0.3) is 11.1 Å². The van der Waals surface area contributed by atoms with Gasteiger partial charge in [0.2, 0.25) is 17.5 Å². The molecule has 6 heterocycles. The van der Waals surface area contributed by atoms with Gasteiger partial charge in [-0.25, -0.2) is 9.59 Å². The Hall–Kier alpha value is -5.67. The van der Waals surface area contributed by atoms with Crippen LogP contribution in [-0.2, 0) is 41.5 Å². The van der Waals surface area contributed by atoms with Crippen LogP contribution in [-0.4, -0.2) is 64.5 Å². The maximum atomic E-state index is 14.9. The van der Waals surface area contributed by atoms with Gasteiger partial charge in [0.15, 0.2) is 0 Å². The number of amides is 2. The van der Waals surface area contributed by atoms with E-state index in [2.05, 4.69) is 115 Å². The molecule has 0 spiro atoms. The lowest BCUT2D eigenvalue weighted by atomic mass is 9.78. The van der Waals surface area contributed by atoms with Crippen molar-refractivity contribution < 1.29 is 28.7 Å². The third-order valence-electron chi connectivity index (χ3n) is 13.7. The number of ether oxygens (including phenoxy) is 2.